The third kappa shape index (κ3) is 7.35. The molecule has 2 nitrogen and oxygen atoms in total. The van der Waals surface area contributed by atoms with Gasteiger partial charge in [0.25, 0.3) is 0 Å². The Morgan fingerprint density at radius 2 is 0.900 bits per heavy atom. The summed E-state index contributed by atoms with van der Waals surface area (Å²) < 4.78 is 0. The van der Waals surface area contributed by atoms with Crippen molar-refractivity contribution in [2.45, 2.75) is 78.1 Å². The van der Waals surface area contributed by atoms with Crippen LogP contribution in [0.15, 0.2) is 114 Å². The van der Waals surface area contributed by atoms with Gasteiger partial charge in [-0.25, -0.2) is 0 Å². The second-order valence-electron chi connectivity index (χ2n) is 11.1. The fourth-order valence-corrected chi connectivity index (χ4v) is 10.3. The summed E-state index contributed by atoms with van der Waals surface area (Å²) in [5.74, 6) is 0.0677. The average Bonchev–Trinajstić information content (AvgIpc) is 3.00. The molecule has 0 amide bonds. The zero-order chi connectivity index (χ0) is 28.2. The second-order valence-corrected chi connectivity index (χ2v) is 14.7. The Balaban J connectivity index is 1.22. The zero-order valence-corrected chi connectivity index (χ0v) is 25.2. The van der Waals surface area contributed by atoms with E-state index in [4.69, 9.17) is 0 Å². The average molecular weight is 552 g/mol. The van der Waals surface area contributed by atoms with Crippen LogP contribution < -0.4 is 15.9 Å². The number of Topliss-reactive ketones (excluding diaryl/α,β-unsaturated/α-hetero) is 1. The molecule has 0 fully saturated rings. The summed E-state index contributed by atoms with van der Waals surface area (Å²) in [6, 6.07) is 33.6. The van der Waals surface area contributed by atoms with E-state index in [9.17, 15) is 9.59 Å². The van der Waals surface area contributed by atoms with Crippen LogP contribution in [0.3, 0.4) is 0 Å². The highest BCUT2D eigenvalue weighted by Gasteiger charge is 2.44. The first-order valence-electron chi connectivity index (χ1n) is 15.1. The van der Waals surface area contributed by atoms with E-state index in [0.29, 0.717) is 16.7 Å². The molecule has 0 N–H and O–H groups in total. The molecule has 0 aromatic heterocycles. The largest absolute Gasteiger partial charge is 0.290 e. The molecule has 3 heteroatoms. The molecule has 0 radical (unpaired) electrons. The molecule has 0 saturated heterocycles. The van der Waals surface area contributed by atoms with Gasteiger partial charge in [0.2, 0.25) is 0 Å². The molecule has 0 spiro atoms. The molecule has 208 valence electrons. The maximum absolute atomic E-state index is 12.4. The molecule has 3 aromatic carbocycles. The number of unbranched alkanes of at least 4 members (excludes halogenated alkanes) is 8. The van der Waals surface area contributed by atoms with Gasteiger partial charge in [-0.3, -0.25) is 9.59 Å². The fraction of sp³-hybridized carbons (Fsp3) is 0.351. The zero-order valence-electron chi connectivity index (χ0n) is 24.3. The van der Waals surface area contributed by atoms with Crippen LogP contribution in [0, 0.1) is 0 Å². The number of benzene rings is 3. The smallest absolute Gasteiger partial charge is 0.185 e. The van der Waals surface area contributed by atoms with Crippen molar-refractivity contribution in [3.63, 3.8) is 0 Å². The standard InChI is InChI=1S/C37H44O2P/c1-30-31(2)37(39)32(29-36(30)38)21-13-8-6-4-3-5-7-9-20-28-40(33-22-14-10-15-23-33,34-24-16-11-17-25-34)35-26-18-12-19-27-35/h10-12,14-19,22-27,29H,3-9,13,20-21,28H2,1-2H3/q+1. The molecule has 3 aromatic rings. The van der Waals surface area contributed by atoms with Crippen molar-refractivity contribution >= 4 is 34.7 Å². The van der Waals surface area contributed by atoms with Crippen LogP contribution in [0.4, 0.5) is 0 Å². The minimum Gasteiger partial charge on any atom is -0.290 e. The van der Waals surface area contributed by atoms with E-state index >= 15 is 0 Å². The van der Waals surface area contributed by atoms with Crippen molar-refractivity contribution in [2.75, 3.05) is 6.16 Å². The van der Waals surface area contributed by atoms with E-state index in [1.54, 1.807) is 19.9 Å². The second kappa shape index (κ2) is 15.1. The Labute approximate surface area is 242 Å². The van der Waals surface area contributed by atoms with Crippen molar-refractivity contribution < 1.29 is 9.59 Å². The van der Waals surface area contributed by atoms with Crippen LogP contribution in [-0.4, -0.2) is 17.7 Å². The van der Waals surface area contributed by atoms with Crippen LogP contribution in [-0.2, 0) is 9.59 Å². The Hall–Kier alpha value is -3.09. The molecule has 0 unspecified atom stereocenters. The van der Waals surface area contributed by atoms with E-state index in [1.807, 2.05) is 0 Å². The molecular formula is C37H44O2P+. The Bertz CT molecular complexity index is 1210. The molecule has 1 aliphatic carbocycles. The van der Waals surface area contributed by atoms with E-state index in [0.717, 1.165) is 19.3 Å². The summed E-state index contributed by atoms with van der Waals surface area (Å²) in [5.41, 5.74) is 1.92. The third-order valence-corrected chi connectivity index (χ3v) is 12.9. The summed E-state index contributed by atoms with van der Waals surface area (Å²) in [6.07, 6.45) is 14.4. The fourth-order valence-electron chi connectivity index (χ4n) is 5.90. The molecule has 0 bridgehead atoms. The molecule has 1 aliphatic rings. The van der Waals surface area contributed by atoms with Crippen molar-refractivity contribution in [2.24, 2.45) is 0 Å². The highest BCUT2D eigenvalue weighted by molar-refractivity contribution is 7.95. The van der Waals surface area contributed by atoms with Gasteiger partial charge in [-0.05, 0) is 82.0 Å². The maximum atomic E-state index is 12.4. The van der Waals surface area contributed by atoms with Gasteiger partial charge in [0.15, 0.2) is 11.6 Å². The first-order chi connectivity index (χ1) is 19.5. The minimum absolute atomic E-state index is 0.00257. The highest BCUT2D eigenvalue weighted by atomic mass is 31.2. The molecular weight excluding hydrogens is 507 g/mol. The monoisotopic (exact) mass is 551 g/mol. The van der Waals surface area contributed by atoms with Crippen molar-refractivity contribution in [1.29, 1.82) is 0 Å². The Kier molecular flexibility index (Phi) is 11.2. The van der Waals surface area contributed by atoms with Crippen molar-refractivity contribution in [3.8, 4) is 0 Å². The molecule has 40 heavy (non-hydrogen) atoms. The van der Waals surface area contributed by atoms with Gasteiger partial charge < -0.3 is 0 Å². The lowest BCUT2D eigenvalue weighted by Crippen LogP contribution is -2.33. The van der Waals surface area contributed by atoms with Crippen LogP contribution in [0.25, 0.3) is 0 Å². The lowest BCUT2D eigenvalue weighted by Gasteiger charge is -2.27. The van der Waals surface area contributed by atoms with Crippen LogP contribution >= 0.6 is 7.26 Å². The maximum Gasteiger partial charge on any atom is 0.185 e. The summed E-state index contributed by atoms with van der Waals surface area (Å²) in [6.45, 7) is 3.52. The van der Waals surface area contributed by atoms with E-state index in [1.165, 1.54) is 67.0 Å². The first-order valence-corrected chi connectivity index (χ1v) is 17.0. The summed E-state index contributed by atoms with van der Waals surface area (Å²) in [7, 11) is -1.71. The SMILES string of the molecule is CC1=C(C)C(=O)C(CCCCCCCCCCC[P+](c2ccccc2)(c2ccccc2)c2ccccc2)=CC1=O. The summed E-state index contributed by atoms with van der Waals surface area (Å²) in [5, 5.41) is 4.43. The number of carbonyl (C=O) groups is 2. The lowest BCUT2D eigenvalue weighted by atomic mass is 9.88. The molecule has 0 aliphatic heterocycles. The van der Waals surface area contributed by atoms with Crippen LogP contribution in [0.2, 0.25) is 0 Å². The van der Waals surface area contributed by atoms with Gasteiger partial charge in [0.05, 0.1) is 6.16 Å². The van der Waals surface area contributed by atoms with E-state index in [-0.39, 0.29) is 11.6 Å². The quantitative estimate of drug-likeness (QED) is 0.108. The Morgan fingerprint density at radius 3 is 1.35 bits per heavy atom. The number of carbonyl (C=O) groups excluding carboxylic acids is 2. The van der Waals surface area contributed by atoms with Gasteiger partial charge in [-0.15, -0.1) is 0 Å². The topological polar surface area (TPSA) is 34.1 Å². The van der Waals surface area contributed by atoms with Gasteiger partial charge >= 0.3 is 0 Å². The van der Waals surface area contributed by atoms with E-state index < -0.39 is 7.26 Å². The molecule has 0 saturated carbocycles. The summed E-state index contributed by atoms with van der Waals surface area (Å²) >= 11 is 0. The van der Waals surface area contributed by atoms with Gasteiger partial charge in [-0.1, -0.05) is 93.1 Å². The van der Waals surface area contributed by atoms with Gasteiger partial charge in [0, 0.05) is 16.7 Å². The molecule has 0 heterocycles. The third-order valence-electron chi connectivity index (χ3n) is 8.40. The molecule has 0 atom stereocenters. The van der Waals surface area contributed by atoms with Crippen LogP contribution in [0.1, 0.15) is 78.1 Å². The number of rotatable bonds is 15. The Morgan fingerprint density at radius 1 is 0.500 bits per heavy atom. The number of ketones is 2. The predicted octanol–water partition coefficient (Wildman–Crippen LogP) is 8.30. The number of hydrogen-bond acceptors (Lipinski definition) is 2. The lowest BCUT2D eigenvalue weighted by molar-refractivity contribution is -0.116. The highest BCUT2D eigenvalue weighted by Crippen LogP contribution is 2.56. The predicted molar refractivity (Wildman–Crippen MR) is 173 cm³/mol. The minimum atomic E-state index is -1.71. The van der Waals surface area contributed by atoms with Gasteiger partial charge in [0.1, 0.15) is 23.2 Å². The first kappa shape index (κ1) is 29.9. The van der Waals surface area contributed by atoms with E-state index in [2.05, 4.69) is 91.0 Å². The van der Waals surface area contributed by atoms with Crippen molar-refractivity contribution in [3.05, 3.63) is 114 Å². The normalized spacial score (nSPS) is 14.0. The van der Waals surface area contributed by atoms with Gasteiger partial charge in [-0.2, -0.15) is 0 Å². The summed E-state index contributed by atoms with van der Waals surface area (Å²) in [4.78, 5) is 24.4. The molecule has 4 rings (SSSR count). The number of allylic oxidation sites excluding steroid dienone is 4. The number of hydrogen-bond donors (Lipinski definition) is 0. The van der Waals surface area contributed by atoms with Crippen LogP contribution in [0.5, 0.6) is 0 Å². The van der Waals surface area contributed by atoms with Crippen molar-refractivity contribution in [1.82, 2.24) is 0 Å².